The monoisotopic (exact) mass is 231 g/mol. The van der Waals surface area contributed by atoms with Crippen LogP contribution in [0.2, 0.25) is 0 Å². The zero-order valence-electron chi connectivity index (χ0n) is 10.1. The van der Waals surface area contributed by atoms with Crippen molar-refractivity contribution in [1.29, 1.82) is 0 Å². The fourth-order valence-electron chi connectivity index (χ4n) is 2.23. The molecule has 0 bridgehead atoms. The molecule has 2 rings (SSSR count). The smallest absolute Gasteiger partial charge is 0.224 e. The van der Waals surface area contributed by atoms with E-state index < -0.39 is 0 Å². The Hall–Kier alpha value is -1.69. The molecule has 0 spiro atoms. The Morgan fingerprint density at radius 3 is 3.12 bits per heavy atom. The Balaban J connectivity index is 1.86. The van der Waals surface area contributed by atoms with Gasteiger partial charge in [-0.25, -0.2) is 0 Å². The summed E-state index contributed by atoms with van der Waals surface area (Å²) < 4.78 is 5.28. The van der Waals surface area contributed by atoms with Crippen LogP contribution < -0.4 is 0 Å². The average Bonchev–Trinajstić information content (AvgIpc) is 2.94. The normalized spacial score (nSPS) is 21.5. The van der Waals surface area contributed by atoms with Gasteiger partial charge in [-0.2, -0.15) is 0 Å². The van der Waals surface area contributed by atoms with Crippen LogP contribution >= 0.6 is 0 Å². The Bertz CT molecular complexity index is 416. The predicted molar refractivity (Wildman–Crippen MR) is 65.1 cm³/mol. The lowest BCUT2D eigenvalue weighted by Crippen LogP contribution is -2.34. The number of likely N-dealkylation sites (tertiary alicyclic amines) is 1. The van der Waals surface area contributed by atoms with Crippen molar-refractivity contribution >= 4 is 5.91 Å². The average molecular weight is 231 g/mol. The molecule has 1 saturated heterocycles. The fourth-order valence-corrected chi connectivity index (χ4v) is 2.23. The Kier molecular flexibility index (Phi) is 3.53. The Morgan fingerprint density at radius 1 is 1.71 bits per heavy atom. The van der Waals surface area contributed by atoms with E-state index in [4.69, 9.17) is 10.8 Å². The molecule has 1 amide bonds. The first-order valence-corrected chi connectivity index (χ1v) is 5.98. The third kappa shape index (κ3) is 2.71. The van der Waals surface area contributed by atoms with Crippen LogP contribution in [0.1, 0.15) is 25.5 Å². The van der Waals surface area contributed by atoms with Crippen molar-refractivity contribution in [2.45, 2.75) is 32.2 Å². The lowest BCUT2D eigenvalue weighted by atomic mass is 10.1. The molecular formula is C14H17NO2. The van der Waals surface area contributed by atoms with Crippen LogP contribution in [0.5, 0.6) is 0 Å². The maximum atomic E-state index is 11.8. The molecule has 0 aromatic carbocycles. The lowest BCUT2D eigenvalue weighted by molar-refractivity contribution is -0.129. The summed E-state index contributed by atoms with van der Waals surface area (Å²) in [5.74, 6) is 3.91. The van der Waals surface area contributed by atoms with Gasteiger partial charge in [0.25, 0.3) is 0 Å². The van der Waals surface area contributed by atoms with Crippen molar-refractivity contribution < 1.29 is 9.21 Å². The second-order valence-corrected chi connectivity index (χ2v) is 4.58. The number of hydrogen-bond acceptors (Lipinski definition) is 2. The maximum Gasteiger partial charge on any atom is 0.224 e. The third-order valence-electron chi connectivity index (χ3n) is 3.31. The first-order chi connectivity index (χ1) is 8.20. The van der Waals surface area contributed by atoms with E-state index in [2.05, 4.69) is 12.8 Å². The number of carbonyl (C=O) groups is 1. The molecule has 1 aliphatic heterocycles. The molecule has 1 aromatic heterocycles. The summed E-state index contributed by atoms with van der Waals surface area (Å²) in [7, 11) is 0. The summed E-state index contributed by atoms with van der Waals surface area (Å²) in [6, 6.07) is 4.07. The minimum absolute atomic E-state index is 0.0913. The minimum Gasteiger partial charge on any atom is -0.469 e. The number of rotatable bonds is 4. The van der Waals surface area contributed by atoms with Crippen LogP contribution in [0, 0.1) is 18.3 Å². The van der Waals surface area contributed by atoms with Gasteiger partial charge in [0.15, 0.2) is 0 Å². The van der Waals surface area contributed by atoms with Gasteiger partial charge < -0.3 is 9.32 Å². The molecule has 1 fully saturated rings. The topological polar surface area (TPSA) is 33.5 Å². The number of amides is 1. The zero-order valence-corrected chi connectivity index (χ0v) is 10.1. The van der Waals surface area contributed by atoms with Gasteiger partial charge in [0.2, 0.25) is 5.91 Å². The summed E-state index contributed by atoms with van der Waals surface area (Å²) in [6.45, 7) is 2.77. The summed E-state index contributed by atoms with van der Waals surface area (Å²) in [5, 5.41) is 0. The Labute approximate surface area is 102 Å². The fraction of sp³-hybridized carbons (Fsp3) is 0.500. The predicted octanol–water partition coefficient (Wildman–Crippen LogP) is 2.08. The van der Waals surface area contributed by atoms with Crippen LogP contribution in [-0.4, -0.2) is 23.4 Å². The molecule has 0 N–H and O–H groups in total. The second-order valence-electron chi connectivity index (χ2n) is 4.58. The SMILES string of the molecule is C#CC1CC(=O)N(C(C)CCc2ccco2)C1. The molecule has 3 nitrogen and oxygen atoms in total. The summed E-state index contributed by atoms with van der Waals surface area (Å²) in [5.41, 5.74) is 0. The first-order valence-electron chi connectivity index (χ1n) is 5.98. The van der Waals surface area contributed by atoms with E-state index in [1.165, 1.54) is 0 Å². The Morgan fingerprint density at radius 2 is 2.53 bits per heavy atom. The van der Waals surface area contributed by atoms with E-state index >= 15 is 0 Å². The van der Waals surface area contributed by atoms with Gasteiger partial charge in [-0.15, -0.1) is 12.3 Å². The van der Waals surface area contributed by atoms with Gasteiger partial charge in [0.05, 0.1) is 6.26 Å². The number of furan rings is 1. The highest BCUT2D eigenvalue weighted by Gasteiger charge is 2.31. The molecule has 2 unspecified atom stereocenters. The number of hydrogen-bond donors (Lipinski definition) is 0. The summed E-state index contributed by atoms with van der Waals surface area (Å²) in [6.07, 6.45) is 9.32. The number of carbonyl (C=O) groups excluding carboxylic acids is 1. The number of terminal acetylenes is 1. The van der Waals surface area contributed by atoms with Crippen LogP contribution in [0.25, 0.3) is 0 Å². The van der Waals surface area contributed by atoms with E-state index in [1.54, 1.807) is 6.26 Å². The van der Waals surface area contributed by atoms with Crippen molar-refractivity contribution in [3.05, 3.63) is 24.2 Å². The molecule has 2 atom stereocenters. The molecule has 1 aliphatic rings. The molecule has 2 heterocycles. The molecule has 0 aliphatic carbocycles. The summed E-state index contributed by atoms with van der Waals surface area (Å²) >= 11 is 0. The van der Waals surface area contributed by atoms with Crippen molar-refractivity contribution in [2.75, 3.05) is 6.54 Å². The van der Waals surface area contributed by atoms with Gasteiger partial charge in [0.1, 0.15) is 5.76 Å². The van der Waals surface area contributed by atoms with Gasteiger partial charge in [-0.05, 0) is 25.5 Å². The highest BCUT2D eigenvalue weighted by molar-refractivity contribution is 5.79. The van der Waals surface area contributed by atoms with Gasteiger partial charge in [-0.1, -0.05) is 0 Å². The number of nitrogens with zero attached hydrogens (tertiary/aromatic N) is 1. The zero-order chi connectivity index (χ0) is 12.3. The molecule has 0 saturated carbocycles. The molecule has 17 heavy (non-hydrogen) atoms. The maximum absolute atomic E-state index is 11.8. The summed E-state index contributed by atoms with van der Waals surface area (Å²) in [4.78, 5) is 13.6. The molecule has 0 radical (unpaired) electrons. The minimum atomic E-state index is 0.0913. The van der Waals surface area contributed by atoms with Crippen molar-refractivity contribution in [3.63, 3.8) is 0 Å². The third-order valence-corrected chi connectivity index (χ3v) is 3.31. The highest BCUT2D eigenvalue weighted by atomic mass is 16.3. The van der Waals surface area contributed by atoms with Gasteiger partial charge in [0, 0.05) is 31.3 Å². The van der Waals surface area contributed by atoms with Gasteiger partial charge in [-0.3, -0.25) is 4.79 Å². The largest absolute Gasteiger partial charge is 0.469 e. The van der Waals surface area contributed by atoms with Crippen molar-refractivity contribution in [3.8, 4) is 12.3 Å². The molecule has 1 aromatic rings. The van der Waals surface area contributed by atoms with Gasteiger partial charge >= 0.3 is 0 Å². The first kappa shape index (κ1) is 11.8. The van der Waals surface area contributed by atoms with E-state index in [9.17, 15) is 4.79 Å². The number of aryl methyl sites for hydroxylation is 1. The van der Waals surface area contributed by atoms with Crippen LogP contribution in [-0.2, 0) is 11.2 Å². The molecule has 90 valence electrons. The van der Waals surface area contributed by atoms with Crippen LogP contribution in [0.15, 0.2) is 22.8 Å². The van der Waals surface area contributed by atoms with Crippen LogP contribution in [0.4, 0.5) is 0 Å². The van der Waals surface area contributed by atoms with Crippen LogP contribution in [0.3, 0.4) is 0 Å². The van der Waals surface area contributed by atoms with E-state index in [-0.39, 0.29) is 17.9 Å². The lowest BCUT2D eigenvalue weighted by Gasteiger charge is -2.24. The quantitative estimate of drug-likeness (QED) is 0.743. The van der Waals surface area contributed by atoms with E-state index in [0.29, 0.717) is 13.0 Å². The van der Waals surface area contributed by atoms with Crippen molar-refractivity contribution in [2.24, 2.45) is 5.92 Å². The van der Waals surface area contributed by atoms with E-state index in [1.807, 2.05) is 17.0 Å². The molecule has 3 heteroatoms. The van der Waals surface area contributed by atoms with Crippen molar-refractivity contribution in [1.82, 2.24) is 4.90 Å². The molecular weight excluding hydrogens is 214 g/mol. The highest BCUT2D eigenvalue weighted by Crippen LogP contribution is 2.21. The second kappa shape index (κ2) is 5.09. The van der Waals surface area contributed by atoms with E-state index in [0.717, 1.165) is 18.6 Å². The standard InChI is InChI=1S/C14H17NO2/c1-3-12-9-14(16)15(10-12)11(2)6-7-13-5-4-8-17-13/h1,4-5,8,11-12H,6-7,9-10H2,2H3.